The van der Waals surface area contributed by atoms with Crippen LogP contribution in [0.4, 0.5) is 5.69 Å². The second-order valence-corrected chi connectivity index (χ2v) is 6.89. The van der Waals surface area contributed by atoms with Gasteiger partial charge >= 0.3 is 0 Å². The fourth-order valence-corrected chi connectivity index (χ4v) is 3.21. The molecule has 2 heterocycles. The minimum atomic E-state index is -0.114. The van der Waals surface area contributed by atoms with E-state index in [1.807, 2.05) is 18.2 Å². The van der Waals surface area contributed by atoms with Crippen molar-refractivity contribution in [2.45, 2.75) is 32.2 Å². The van der Waals surface area contributed by atoms with Crippen molar-refractivity contribution in [2.75, 3.05) is 32.0 Å². The molecule has 3 rings (SSSR count). The molecular weight excluding hydrogens is 262 g/mol. The number of piperidine rings is 1. The Hall–Kier alpha value is -1.55. The van der Waals surface area contributed by atoms with E-state index < -0.39 is 0 Å². The van der Waals surface area contributed by atoms with Crippen molar-refractivity contribution in [1.82, 2.24) is 10.2 Å². The van der Waals surface area contributed by atoms with Gasteiger partial charge in [0.2, 0.25) is 5.91 Å². The molecule has 1 atom stereocenters. The maximum absolute atomic E-state index is 12.4. The van der Waals surface area contributed by atoms with E-state index >= 15 is 0 Å². The van der Waals surface area contributed by atoms with Crippen molar-refractivity contribution >= 4 is 11.6 Å². The van der Waals surface area contributed by atoms with Crippen molar-refractivity contribution < 1.29 is 4.79 Å². The second kappa shape index (κ2) is 5.68. The standard InChI is InChI=1S/C17H25N3O/c1-17(7-9-20(2)10-8-17)12-18-16(21)15-11-13-5-3-4-6-14(13)19-15/h3-6,15,19H,7-12H2,1-2H3,(H,18,21). The van der Waals surface area contributed by atoms with Gasteiger partial charge in [0.05, 0.1) is 0 Å². The Labute approximate surface area is 126 Å². The zero-order valence-electron chi connectivity index (χ0n) is 13.0. The summed E-state index contributed by atoms with van der Waals surface area (Å²) in [5.74, 6) is 0.131. The predicted molar refractivity (Wildman–Crippen MR) is 85.4 cm³/mol. The first-order valence-corrected chi connectivity index (χ1v) is 7.86. The van der Waals surface area contributed by atoms with Crippen molar-refractivity contribution in [3.05, 3.63) is 29.8 Å². The zero-order chi connectivity index (χ0) is 14.9. The number of rotatable bonds is 3. The summed E-state index contributed by atoms with van der Waals surface area (Å²) in [6.45, 7) is 5.32. The van der Waals surface area contributed by atoms with Crippen LogP contribution in [0.5, 0.6) is 0 Å². The molecule has 2 aliphatic rings. The first-order chi connectivity index (χ1) is 10.1. The van der Waals surface area contributed by atoms with Gasteiger partial charge in [-0.1, -0.05) is 25.1 Å². The summed E-state index contributed by atoms with van der Waals surface area (Å²) in [5, 5.41) is 6.49. The smallest absolute Gasteiger partial charge is 0.242 e. The average Bonchev–Trinajstić information content (AvgIpc) is 2.92. The third-order valence-electron chi connectivity index (χ3n) is 4.97. The highest BCUT2D eigenvalue weighted by Crippen LogP contribution is 2.30. The van der Waals surface area contributed by atoms with Crippen LogP contribution in [0.1, 0.15) is 25.3 Å². The van der Waals surface area contributed by atoms with Crippen LogP contribution >= 0.6 is 0 Å². The highest BCUT2D eigenvalue weighted by atomic mass is 16.2. The van der Waals surface area contributed by atoms with Gasteiger partial charge in [0, 0.05) is 18.7 Å². The van der Waals surface area contributed by atoms with Crippen LogP contribution in [0, 0.1) is 5.41 Å². The van der Waals surface area contributed by atoms with Gasteiger partial charge in [-0.05, 0) is 50.0 Å². The summed E-state index contributed by atoms with van der Waals surface area (Å²) in [6, 6.07) is 8.05. The van der Waals surface area contributed by atoms with E-state index in [0.29, 0.717) is 0 Å². The number of nitrogens with one attached hydrogen (secondary N) is 2. The Bertz CT molecular complexity index is 496. The highest BCUT2D eigenvalue weighted by Gasteiger charge is 2.31. The van der Waals surface area contributed by atoms with Crippen LogP contribution in [-0.2, 0) is 11.2 Å². The average molecular weight is 287 g/mol. The van der Waals surface area contributed by atoms with E-state index in [-0.39, 0.29) is 17.4 Å². The molecule has 0 bridgehead atoms. The number of anilines is 1. The fraction of sp³-hybridized carbons (Fsp3) is 0.588. The van der Waals surface area contributed by atoms with Crippen molar-refractivity contribution in [3.8, 4) is 0 Å². The van der Waals surface area contributed by atoms with Gasteiger partial charge in [0.25, 0.3) is 0 Å². The number of fused-ring (bicyclic) bond motifs is 1. The molecule has 4 heteroatoms. The maximum atomic E-state index is 12.4. The molecule has 1 unspecified atom stereocenters. The van der Waals surface area contributed by atoms with Crippen LogP contribution in [0.2, 0.25) is 0 Å². The van der Waals surface area contributed by atoms with E-state index in [9.17, 15) is 4.79 Å². The van der Waals surface area contributed by atoms with Gasteiger partial charge in [-0.15, -0.1) is 0 Å². The Morgan fingerprint density at radius 1 is 1.38 bits per heavy atom. The number of carbonyl (C=O) groups excluding carboxylic acids is 1. The van der Waals surface area contributed by atoms with Crippen LogP contribution in [0.25, 0.3) is 0 Å². The molecule has 0 aliphatic carbocycles. The predicted octanol–water partition coefficient (Wildman–Crippen LogP) is 1.87. The summed E-state index contributed by atoms with van der Waals surface area (Å²) in [7, 11) is 2.16. The third kappa shape index (κ3) is 3.21. The van der Waals surface area contributed by atoms with Gasteiger partial charge in [-0.25, -0.2) is 0 Å². The van der Waals surface area contributed by atoms with Crippen molar-refractivity contribution in [1.29, 1.82) is 0 Å². The summed E-state index contributed by atoms with van der Waals surface area (Å²) in [5.41, 5.74) is 2.58. The molecule has 2 N–H and O–H groups in total. The number of para-hydroxylation sites is 1. The molecule has 0 radical (unpaired) electrons. The van der Waals surface area contributed by atoms with E-state index in [4.69, 9.17) is 0 Å². The van der Waals surface area contributed by atoms with Gasteiger partial charge in [-0.3, -0.25) is 4.79 Å². The minimum Gasteiger partial charge on any atom is -0.373 e. The van der Waals surface area contributed by atoms with Gasteiger partial charge in [0.1, 0.15) is 6.04 Å². The van der Waals surface area contributed by atoms with E-state index in [0.717, 1.165) is 44.6 Å². The first kappa shape index (κ1) is 14.4. The quantitative estimate of drug-likeness (QED) is 0.892. The van der Waals surface area contributed by atoms with Gasteiger partial charge in [-0.2, -0.15) is 0 Å². The van der Waals surface area contributed by atoms with Gasteiger partial charge in [0.15, 0.2) is 0 Å². The molecule has 2 aliphatic heterocycles. The molecule has 4 nitrogen and oxygen atoms in total. The largest absolute Gasteiger partial charge is 0.373 e. The molecule has 114 valence electrons. The molecule has 1 aromatic carbocycles. The number of likely N-dealkylation sites (tertiary alicyclic amines) is 1. The van der Waals surface area contributed by atoms with Crippen LogP contribution < -0.4 is 10.6 Å². The lowest BCUT2D eigenvalue weighted by Crippen LogP contribution is -2.46. The lowest BCUT2D eigenvalue weighted by atomic mass is 9.80. The molecule has 0 aromatic heterocycles. The highest BCUT2D eigenvalue weighted by molar-refractivity contribution is 5.87. The first-order valence-electron chi connectivity index (χ1n) is 7.86. The van der Waals surface area contributed by atoms with Crippen LogP contribution in [0.15, 0.2) is 24.3 Å². The Morgan fingerprint density at radius 2 is 2.10 bits per heavy atom. The minimum absolute atomic E-state index is 0.114. The van der Waals surface area contributed by atoms with Crippen LogP contribution in [-0.4, -0.2) is 43.5 Å². The van der Waals surface area contributed by atoms with E-state index in [2.05, 4.69) is 35.6 Å². The molecule has 1 fully saturated rings. The normalized spacial score (nSPS) is 24.2. The number of amides is 1. The second-order valence-electron chi connectivity index (χ2n) is 6.89. The van der Waals surface area contributed by atoms with Crippen molar-refractivity contribution in [3.63, 3.8) is 0 Å². The SMILES string of the molecule is CN1CCC(C)(CNC(=O)C2Cc3ccccc3N2)CC1. The van der Waals surface area contributed by atoms with Crippen LogP contribution in [0.3, 0.4) is 0 Å². The fourth-order valence-electron chi connectivity index (χ4n) is 3.21. The number of hydrogen-bond donors (Lipinski definition) is 2. The summed E-state index contributed by atoms with van der Waals surface area (Å²) < 4.78 is 0. The third-order valence-corrected chi connectivity index (χ3v) is 4.97. The zero-order valence-corrected chi connectivity index (χ0v) is 13.0. The number of hydrogen-bond acceptors (Lipinski definition) is 3. The molecule has 0 spiro atoms. The van der Waals surface area contributed by atoms with Gasteiger partial charge < -0.3 is 15.5 Å². The number of nitrogens with zero attached hydrogens (tertiary/aromatic N) is 1. The molecule has 1 aromatic rings. The lowest BCUT2D eigenvalue weighted by molar-refractivity contribution is -0.122. The monoisotopic (exact) mass is 287 g/mol. The Morgan fingerprint density at radius 3 is 2.81 bits per heavy atom. The molecule has 1 amide bonds. The molecule has 0 saturated carbocycles. The van der Waals surface area contributed by atoms with Crippen molar-refractivity contribution in [2.24, 2.45) is 5.41 Å². The number of benzene rings is 1. The molecular formula is C17H25N3O. The van der Waals surface area contributed by atoms with E-state index in [1.165, 1.54) is 5.56 Å². The maximum Gasteiger partial charge on any atom is 0.242 e. The lowest BCUT2D eigenvalue weighted by Gasteiger charge is -2.38. The summed E-state index contributed by atoms with van der Waals surface area (Å²) in [6.07, 6.45) is 3.10. The molecule has 21 heavy (non-hydrogen) atoms. The summed E-state index contributed by atoms with van der Waals surface area (Å²) >= 11 is 0. The Balaban J connectivity index is 1.52. The topological polar surface area (TPSA) is 44.4 Å². The Kier molecular flexibility index (Phi) is 3.89. The summed E-state index contributed by atoms with van der Waals surface area (Å²) in [4.78, 5) is 14.7. The number of carbonyl (C=O) groups is 1. The molecule has 1 saturated heterocycles. The van der Waals surface area contributed by atoms with E-state index in [1.54, 1.807) is 0 Å².